The molecule has 0 bridgehead atoms. The molecule has 1 aromatic heterocycles. The molecule has 2 unspecified atom stereocenters. The van der Waals surface area contributed by atoms with Crippen LogP contribution < -0.4 is 5.32 Å². The van der Waals surface area contributed by atoms with Gasteiger partial charge in [-0.25, -0.2) is 12.8 Å². The molecule has 1 saturated heterocycles. The maximum Gasteiger partial charge on any atom is 0.305 e. The lowest BCUT2D eigenvalue weighted by molar-refractivity contribution is -0.138. The summed E-state index contributed by atoms with van der Waals surface area (Å²) in [4.78, 5) is 39.7. The van der Waals surface area contributed by atoms with E-state index in [1.54, 1.807) is 0 Å². The molecule has 1 saturated carbocycles. The molecule has 2 amide bonds. The molecule has 0 spiro atoms. The number of aromatic nitrogens is 1. The first-order valence-electron chi connectivity index (χ1n) is 12.5. The van der Waals surface area contributed by atoms with Gasteiger partial charge in [0.15, 0.2) is 11.9 Å². The first-order valence-corrected chi connectivity index (χ1v) is 14.0. The third-order valence-corrected chi connectivity index (χ3v) is 9.29. The summed E-state index contributed by atoms with van der Waals surface area (Å²) in [6.45, 7) is 2.60. The van der Waals surface area contributed by atoms with Gasteiger partial charge < -0.3 is 19.8 Å². The smallest absolute Gasteiger partial charge is 0.305 e. The molecule has 4 rings (SSSR count). The van der Waals surface area contributed by atoms with Gasteiger partial charge in [-0.3, -0.25) is 14.4 Å². The van der Waals surface area contributed by atoms with Crippen molar-refractivity contribution in [1.82, 2.24) is 19.7 Å². The number of nitrogens with one attached hydrogen (secondary N) is 1. The summed E-state index contributed by atoms with van der Waals surface area (Å²) in [6, 6.07) is 3.99. The van der Waals surface area contributed by atoms with E-state index < -0.39 is 45.8 Å². The number of sulfonamides is 1. The van der Waals surface area contributed by atoms with Crippen LogP contribution in [0, 0.1) is 25.6 Å². The molecule has 38 heavy (non-hydrogen) atoms. The highest BCUT2D eigenvalue weighted by molar-refractivity contribution is 7.89. The van der Waals surface area contributed by atoms with Gasteiger partial charge in [0.25, 0.3) is 21.8 Å². The Labute approximate surface area is 220 Å². The van der Waals surface area contributed by atoms with Crippen LogP contribution in [0.4, 0.5) is 4.39 Å². The monoisotopic (exact) mass is 550 g/mol. The molecular formula is C25H31FN4O7S. The van der Waals surface area contributed by atoms with E-state index in [1.807, 2.05) is 0 Å². The molecule has 2 aliphatic rings. The third kappa shape index (κ3) is 5.58. The van der Waals surface area contributed by atoms with Crippen molar-refractivity contribution in [2.75, 3.05) is 13.1 Å². The zero-order valence-electron chi connectivity index (χ0n) is 21.2. The first kappa shape index (κ1) is 27.7. The summed E-state index contributed by atoms with van der Waals surface area (Å²) in [5.41, 5.74) is 0.186. The van der Waals surface area contributed by atoms with Gasteiger partial charge in [0.1, 0.15) is 16.4 Å². The van der Waals surface area contributed by atoms with Gasteiger partial charge in [-0.1, -0.05) is 24.4 Å². The number of amides is 2. The lowest BCUT2D eigenvalue weighted by atomic mass is 9.82. The van der Waals surface area contributed by atoms with Crippen molar-refractivity contribution in [3.8, 4) is 0 Å². The minimum absolute atomic E-state index is 0.0379. The van der Waals surface area contributed by atoms with Gasteiger partial charge in [0.05, 0.1) is 6.42 Å². The molecule has 1 aromatic carbocycles. The molecule has 13 heteroatoms. The van der Waals surface area contributed by atoms with Crippen molar-refractivity contribution in [2.45, 2.75) is 69.5 Å². The number of aryl methyl sites for hydroxylation is 2. The van der Waals surface area contributed by atoms with Crippen LogP contribution in [0.3, 0.4) is 0 Å². The number of carbonyl (C=O) groups is 3. The molecular weight excluding hydrogens is 519 g/mol. The Morgan fingerprint density at radius 3 is 2.37 bits per heavy atom. The van der Waals surface area contributed by atoms with Crippen molar-refractivity contribution in [3.05, 3.63) is 47.1 Å². The van der Waals surface area contributed by atoms with E-state index in [1.165, 1.54) is 26.0 Å². The van der Waals surface area contributed by atoms with Crippen LogP contribution in [-0.2, 0) is 19.6 Å². The maximum absolute atomic E-state index is 13.8. The quantitative estimate of drug-likeness (QED) is 0.509. The van der Waals surface area contributed by atoms with Crippen molar-refractivity contribution < 1.29 is 36.8 Å². The Morgan fingerprint density at radius 2 is 1.79 bits per heavy atom. The summed E-state index contributed by atoms with van der Waals surface area (Å²) in [5.74, 6) is -3.15. The van der Waals surface area contributed by atoms with E-state index in [0.29, 0.717) is 0 Å². The highest BCUT2D eigenvalue weighted by Crippen LogP contribution is 2.31. The molecule has 206 valence electrons. The number of rotatable bonds is 8. The molecule has 2 N–H and O–H groups in total. The van der Waals surface area contributed by atoms with E-state index in [2.05, 4.69) is 10.5 Å². The minimum atomic E-state index is -4.34. The number of halogens is 1. The second-order valence-electron chi connectivity index (χ2n) is 9.76. The Balaban J connectivity index is 1.70. The van der Waals surface area contributed by atoms with Gasteiger partial charge in [0.2, 0.25) is 0 Å². The van der Waals surface area contributed by atoms with Crippen molar-refractivity contribution >= 4 is 27.8 Å². The van der Waals surface area contributed by atoms with Gasteiger partial charge in [-0.15, -0.1) is 0 Å². The minimum Gasteiger partial charge on any atom is -0.481 e. The van der Waals surface area contributed by atoms with Crippen LogP contribution in [-0.4, -0.2) is 71.0 Å². The number of hydrogen-bond acceptors (Lipinski definition) is 7. The first-order chi connectivity index (χ1) is 18.0. The largest absolute Gasteiger partial charge is 0.481 e. The standard InChI is InChI=1S/C25H31FN4O7S/c1-15-22(16(2)37-28-15)38(35,36)30-13-12-29(25(34)18-8-10-19(26)11-9-18)24(30)23(33)27-20(14-21(31)32)17-6-4-3-5-7-17/h8-11,17,20,24H,3-7,12-14H2,1-2H3,(H,27,33)(H,31,32). The summed E-state index contributed by atoms with van der Waals surface area (Å²) in [6.07, 6.45) is 2.39. The van der Waals surface area contributed by atoms with Crippen molar-refractivity contribution in [2.24, 2.45) is 5.92 Å². The molecule has 2 aromatic rings. The van der Waals surface area contributed by atoms with E-state index in [-0.39, 0.29) is 47.3 Å². The SMILES string of the molecule is Cc1noc(C)c1S(=O)(=O)N1CCN(C(=O)c2ccc(F)cc2)C1C(=O)NC(CC(=O)O)C1CCCCC1. The van der Waals surface area contributed by atoms with E-state index >= 15 is 0 Å². The Kier molecular flexibility index (Phi) is 8.16. The lowest BCUT2D eigenvalue weighted by Gasteiger charge is -2.34. The second kappa shape index (κ2) is 11.2. The van der Waals surface area contributed by atoms with Crippen LogP contribution in [0.25, 0.3) is 0 Å². The van der Waals surface area contributed by atoms with E-state index in [0.717, 1.165) is 53.4 Å². The zero-order valence-corrected chi connectivity index (χ0v) is 22.0. The number of carboxylic acid groups (broad SMARTS) is 1. The fourth-order valence-corrected chi connectivity index (χ4v) is 7.22. The van der Waals surface area contributed by atoms with Gasteiger partial charge in [0, 0.05) is 24.7 Å². The van der Waals surface area contributed by atoms with Gasteiger partial charge in [-0.2, -0.15) is 4.31 Å². The van der Waals surface area contributed by atoms with Crippen LogP contribution in [0.1, 0.15) is 60.3 Å². The molecule has 2 heterocycles. The number of nitrogens with zero attached hydrogens (tertiary/aromatic N) is 3. The van der Waals surface area contributed by atoms with E-state index in [9.17, 15) is 32.3 Å². The van der Waals surface area contributed by atoms with Crippen LogP contribution >= 0.6 is 0 Å². The third-order valence-electron chi connectivity index (χ3n) is 7.19. The number of carboxylic acids is 1. The predicted octanol–water partition coefficient (Wildman–Crippen LogP) is 2.44. The molecule has 0 radical (unpaired) electrons. The summed E-state index contributed by atoms with van der Waals surface area (Å²) < 4.78 is 46.9. The van der Waals surface area contributed by atoms with Crippen LogP contribution in [0.2, 0.25) is 0 Å². The fraction of sp³-hybridized carbons (Fsp3) is 0.520. The van der Waals surface area contributed by atoms with Crippen LogP contribution in [0.15, 0.2) is 33.7 Å². The summed E-state index contributed by atoms with van der Waals surface area (Å²) in [5, 5.41) is 16.0. The Bertz CT molecular complexity index is 1290. The highest BCUT2D eigenvalue weighted by Gasteiger charge is 2.48. The number of hydrogen-bond donors (Lipinski definition) is 2. The lowest BCUT2D eigenvalue weighted by Crippen LogP contribution is -2.56. The molecule has 2 atom stereocenters. The highest BCUT2D eigenvalue weighted by atomic mass is 32.2. The Hall–Kier alpha value is -3.32. The number of aliphatic carboxylic acids is 1. The summed E-state index contributed by atoms with van der Waals surface area (Å²) in [7, 11) is -4.34. The number of carbonyl (C=O) groups excluding carboxylic acids is 2. The second-order valence-corrected chi connectivity index (χ2v) is 11.6. The maximum atomic E-state index is 13.8. The molecule has 11 nitrogen and oxygen atoms in total. The Morgan fingerprint density at radius 1 is 1.13 bits per heavy atom. The predicted molar refractivity (Wildman–Crippen MR) is 132 cm³/mol. The van der Waals surface area contributed by atoms with Crippen molar-refractivity contribution in [1.29, 1.82) is 0 Å². The van der Waals surface area contributed by atoms with Gasteiger partial charge in [-0.05, 0) is 56.9 Å². The fourth-order valence-electron chi connectivity index (χ4n) is 5.38. The van der Waals surface area contributed by atoms with E-state index in [4.69, 9.17) is 4.52 Å². The van der Waals surface area contributed by atoms with Gasteiger partial charge >= 0.3 is 5.97 Å². The summed E-state index contributed by atoms with van der Waals surface area (Å²) >= 11 is 0. The topological polar surface area (TPSA) is 150 Å². The average molecular weight is 551 g/mol. The van der Waals surface area contributed by atoms with Crippen molar-refractivity contribution in [3.63, 3.8) is 0 Å². The molecule has 1 aliphatic carbocycles. The molecule has 1 aliphatic heterocycles. The normalized spacial score (nSPS) is 19.9. The zero-order chi connectivity index (χ0) is 27.6. The average Bonchev–Trinajstić information content (AvgIpc) is 3.48. The van der Waals surface area contributed by atoms with Crippen LogP contribution in [0.5, 0.6) is 0 Å². The number of benzene rings is 1. The molecule has 2 fully saturated rings.